The minimum absolute atomic E-state index is 0.0310. The average molecular weight is 478 g/mol. The Morgan fingerprint density at radius 1 is 1.12 bits per heavy atom. The summed E-state index contributed by atoms with van der Waals surface area (Å²) < 4.78 is 1.73. The number of fused-ring (bicyclic) bond motifs is 1. The molecule has 0 unspecified atom stereocenters. The normalized spacial score (nSPS) is 14.6. The van der Waals surface area contributed by atoms with Crippen molar-refractivity contribution >= 4 is 40.4 Å². The van der Waals surface area contributed by atoms with Gasteiger partial charge in [0.05, 0.1) is 16.6 Å². The second kappa shape index (κ2) is 9.01. The van der Waals surface area contributed by atoms with Gasteiger partial charge in [0.1, 0.15) is 5.01 Å². The highest BCUT2D eigenvalue weighted by Gasteiger charge is 2.23. The standard InChI is InChI=1S/C24H23N5O2S2/c1-27-23(31)19-8-7-17(13-20(19)26-24(27)32)22(30)29-11-9-28(10-12-29)14-18-15-33-21(25-18)16-5-3-2-4-6-16/h2-8,13,15H,9-12,14H2,1H3,(H,26,32). The van der Waals surface area contributed by atoms with Gasteiger partial charge in [-0.1, -0.05) is 30.3 Å². The molecule has 4 aromatic rings. The highest BCUT2D eigenvalue weighted by atomic mass is 32.1. The summed E-state index contributed by atoms with van der Waals surface area (Å²) in [6.45, 7) is 3.67. The second-order valence-electron chi connectivity index (χ2n) is 8.13. The number of carbonyl (C=O) groups excluding carboxylic acids is 1. The molecule has 1 aliphatic rings. The summed E-state index contributed by atoms with van der Waals surface area (Å²) in [6, 6.07) is 15.3. The summed E-state index contributed by atoms with van der Waals surface area (Å²) in [5.41, 5.74) is 3.17. The Balaban J connectivity index is 1.23. The van der Waals surface area contributed by atoms with E-state index in [1.54, 1.807) is 36.6 Å². The largest absolute Gasteiger partial charge is 0.336 e. The van der Waals surface area contributed by atoms with Gasteiger partial charge in [0.15, 0.2) is 4.77 Å². The van der Waals surface area contributed by atoms with E-state index in [-0.39, 0.29) is 11.5 Å². The number of piperazine rings is 1. The average Bonchev–Trinajstić information content (AvgIpc) is 3.31. The number of rotatable bonds is 4. The van der Waals surface area contributed by atoms with Crippen molar-refractivity contribution in [2.45, 2.75) is 6.54 Å². The molecule has 9 heteroatoms. The molecule has 5 rings (SSSR count). The van der Waals surface area contributed by atoms with Crippen molar-refractivity contribution < 1.29 is 4.79 Å². The van der Waals surface area contributed by atoms with Crippen LogP contribution in [0.3, 0.4) is 0 Å². The van der Waals surface area contributed by atoms with Crippen LogP contribution in [-0.2, 0) is 13.6 Å². The lowest BCUT2D eigenvalue weighted by Gasteiger charge is -2.34. The maximum atomic E-state index is 13.1. The van der Waals surface area contributed by atoms with Gasteiger partial charge in [0.2, 0.25) is 0 Å². The van der Waals surface area contributed by atoms with Gasteiger partial charge in [0.25, 0.3) is 11.5 Å². The molecule has 2 aromatic heterocycles. The molecule has 0 saturated carbocycles. The number of carbonyl (C=O) groups is 1. The van der Waals surface area contributed by atoms with Crippen molar-refractivity contribution in [3.8, 4) is 10.6 Å². The molecule has 0 radical (unpaired) electrons. The van der Waals surface area contributed by atoms with Gasteiger partial charge in [-0.2, -0.15) is 0 Å². The molecule has 1 N–H and O–H groups in total. The first-order valence-corrected chi connectivity index (χ1v) is 12.0. The van der Waals surface area contributed by atoms with E-state index in [0.717, 1.165) is 35.9 Å². The van der Waals surface area contributed by atoms with Crippen molar-refractivity contribution in [1.82, 2.24) is 24.3 Å². The predicted octanol–water partition coefficient (Wildman–Crippen LogP) is 3.68. The third-order valence-electron chi connectivity index (χ3n) is 5.97. The Bertz CT molecular complexity index is 1430. The summed E-state index contributed by atoms with van der Waals surface area (Å²) >= 11 is 6.86. The first-order valence-electron chi connectivity index (χ1n) is 10.7. The first-order chi connectivity index (χ1) is 16.0. The van der Waals surface area contributed by atoms with Crippen LogP contribution in [0.1, 0.15) is 16.1 Å². The molecule has 7 nitrogen and oxygen atoms in total. The molecular formula is C24H23N5O2S2. The van der Waals surface area contributed by atoms with E-state index in [0.29, 0.717) is 34.3 Å². The highest BCUT2D eigenvalue weighted by molar-refractivity contribution is 7.71. The molecule has 1 fully saturated rings. The summed E-state index contributed by atoms with van der Waals surface area (Å²) in [5, 5.41) is 3.67. The molecule has 0 atom stereocenters. The molecule has 1 amide bonds. The monoisotopic (exact) mass is 477 g/mol. The maximum Gasteiger partial charge on any atom is 0.261 e. The number of aromatic nitrogens is 3. The van der Waals surface area contributed by atoms with E-state index >= 15 is 0 Å². The zero-order valence-electron chi connectivity index (χ0n) is 18.2. The van der Waals surface area contributed by atoms with Crippen LogP contribution in [0.4, 0.5) is 0 Å². The zero-order valence-corrected chi connectivity index (χ0v) is 19.8. The minimum atomic E-state index is -0.168. The van der Waals surface area contributed by atoms with E-state index < -0.39 is 0 Å². The lowest BCUT2D eigenvalue weighted by Crippen LogP contribution is -2.48. The number of nitrogens with one attached hydrogen (secondary N) is 1. The molecule has 0 bridgehead atoms. The summed E-state index contributed by atoms with van der Waals surface area (Å²) in [7, 11) is 1.63. The number of nitrogens with zero attached hydrogens (tertiary/aromatic N) is 4. The molecule has 0 aliphatic carbocycles. The van der Waals surface area contributed by atoms with Crippen LogP contribution in [0, 0.1) is 4.77 Å². The number of benzene rings is 2. The van der Waals surface area contributed by atoms with E-state index in [9.17, 15) is 9.59 Å². The summed E-state index contributed by atoms with van der Waals surface area (Å²) in [4.78, 5) is 37.5. The van der Waals surface area contributed by atoms with Gasteiger partial charge in [-0.3, -0.25) is 19.1 Å². The Morgan fingerprint density at radius 3 is 2.64 bits per heavy atom. The number of hydrogen-bond acceptors (Lipinski definition) is 6. The SMILES string of the molecule is Cn1c(=S)[nH]c2cc(C(=O)N3CCN(Cc4csc(-c5ccccc5)n4)CC3)ccc2c1=O. The van der Waals surface area contributed by atoms with Crippen molar-refractivity contribution in [3.05, 3.63) is 80.3 Å². The van der Waals surface area contributed by atoms with Gasteiger partial charge >= 0.3 is 0 Å². The molecule has 2 aromatic carbocycles. The molecular weight excluding hydrogens is 454 g/mol. The first kappa shape index (κ1) is 21.7. The van der Waals surface area contributed by atoms with Crippen LogP contribution in [0.5, 0.6) is 0 Å². The number of hydrogen-bond donors (Lipinski definition) is 1. The van der Waals surface area contributed by atoms with Gasteiger partial charge in [-0.25, -0.2) is 4.98 Å². The quantitative estimate of drug-likeness (QED) is 0.454. The van der Waals surface area contributed by atoms with Crippen LogP contribution in [0.15, 0.2) is 58.7 Å². The van der Waals surface area contributed by atoms with E-state index in [1.165, 1.54) is 4.57 Å². The van der Waals surface area contributed by atoms with Gasteiger partial charge in [-0.15, -0.1) is 11.3 Å². The third-order valence-corrected chi connectivity index (χ3v) is 7.28. The Hall–Kier alpha value is -3.14. The smallest absolute Gasteiger partial charge is 0.261 e. The molecule has 1 aliphatic heterocycles. The van der Waals surface area contributed by atoms with Crippen LogP contribution < -0.4 is 5.56 Å². The maximum absolute atomic E-state index is 13.1. The Labute approximate surface area is 199 Å². The molecule has 33 heavy (non-hydrogen) atoms. The minimum Gasteiger partial charge on any atom is -0.336 e. The van der Waals surface area contributed by atoms with Crippen molar-refractivity contribution in [2.75, 3.05) is 26.2 Å². The van der Waals surface area contributed by atoms with Crippen molar-refractivity contribution in [2.24, 2.45) is 7.05 Å². The number of aromatic amines is 1. The zero-order chi connectivity index (χ0) is 22.9. The van der Waals surface area contributed by atoms with Crippen LogP contribution in [-0.4, -0.2) is 56.4 Å². The number of amides is 1. The molecule has 0 spiro atoms. The van der Waals surface area contributed by atoms with Gasteiger partial charge in [-0.05, 0) is 30.4 Å². The van der Waals surface area contributed by atoms with E-state index in [2.05, 4.69) is 27.4 Å². The predicted molar refractivity (Wildman–Crippen MR) is 133 cm³/mol. The molecule has 168 valence electrons. The summed E-state index contributed by atoms with van der Waals surface area (Å²) in [5.74, 6) is -0.0310. The molecule has 1 saturated heterocycles. The van der Waals surface area contributed by atoms with Crippen LogP contribution >= 0.6 is 23.6 Å². The number of H-pyrrole nitrogens is 1. The fourth-order valence-corrected chi connectivity index (χ4v) is 5.06. The van der Waals surface area contributed by atoms with E-state index in [1.807, 2.05) is 23.1 Å². The van der Waals surface area contributed by atoms with Crippen LogP contribution in [0.25, 0.3) is 21.5 Å². The Kier molecular flexibility index (Phi) is 5.92. The van der Waals surface area contributed by atoms with Gasteiger partial charge in [0, 0.05) is 56.3 Å². The lowest BCUT2D eigenvalue weighted by molar-refractivity contribution is 0.0627. The fraction of sp³-hybridized carbons (Fsp3) is 0.250. The van der Waals surface area contributed by atoms with Crippen molar-refractivity contribution in [1.29, 1.82) is 0 Å². The second-order valence-corrected chi connectivity index (χ2v) is 9.38. The highest BCUT2D eigenvalue weighted by Crippen LogP contribution is 2.24. The van der Waals surface area contributed by atoms with Crippen molar-refractivity contribution in [3.63, 3.8) is 0 Å². The third kappa shape index (κ3) is 4.39. The lowest BCUT2D eigenvalue weighted by atomic mass is 10.1. The van der Waals surface area contributed by atoms with E-state index in [4.69, 9.17) is 17.2 Å². The number of thiazole rings is 1. The Morgan fingerprint density at radius 2 is 1.88 bits per heavy atom. The topological polar surface area (TPSA) is 74.2 Å². The molecule has 3 heterocycles. The van der Waals surface area contributed by atoms with Gasteiger partial charge < -0.3 is 9.88 Å². The fourth-order valence-electron chi connectivity index (χ4n) is 4.05. The van der Waals surface area contributed by atoms with Crippen LogP contribution in [0.2, 0.25) is 0 Å². The summed E-state index contributed by atoms with van der Waals surface area (Å²) in [6.07, 6.45) is 0.